The first-order valence-electron chi connectivity index (χ1n) is 7.93. The lowest BCUT2D eigenvalue weighted by Crippen LogP contribution is -2.15. The van der Waals surface area contributed by atoms with E-state index in [1.165, 1.54) is 6.07 Å². The Kier molecular flexibility index (Phi) is 4.47. The van der Waals surface area contributed by atoms with Crippen LogP contribution in [0.1, 0.15) is 45.2 Å². The van der Waals surface area contributed by atoms with Gasteiger partial charge in [0.05, 0.1) is 12.2 Å². The lowest BCUT2D eigenvalue weighted by Gasteiger charge is -2.18. The lowest BCUT2D eigenvalue weighted by atomic mass is 9.85. The van der Waals surface area contributed by atoms with Gasteiger partial charge >= 0.3 is 5.97 Å². The Morgan fingerprint density at radius 1 is 1.17 bits per heavy atom. The molecule has 1 N–H and O–H groups in total. The molecule has 4 heteroatoms. The molecule has 0 spiro atoms. The summed E-state index contributed by atoms with van der Waals surface area (Å²) in [6, 6.07) is 12.3. The van der Waals surface area contributed by atoms with Crippen LogP contribution in [0.25, 0.3) is 6.08 Å². The molecular weight excluding hydrogens is 304 g/mol. The van der Waals surface area contributed by atoms with Crippen molar-refractivity contribution in [3.63, 3.8) is 0 Å². The van der Waals surface area contributed by atoms with E-state index in [1.54, 1.807) is 12.1 Å². The molecule has 0 amide bonds. The number of rotatable bonds is 4. The van der Waals surface area contributed by atoms with Crippen molar-refractivity contribution >= 4 is 17.8 Å². The molecule has 0 atom stereocenters. The standard InChI is InChI=1S/C20H18O4/c1-2-24-17-9-3-13(4-10-17)11-15-7-5-14-6-8-16(20(22)23)12-18(14)19(15)21/h3-4,6,8-12H,2,5,7H2,1H3,(H,22,23). The summed E-state index contributed by atoms with van der Waals surface area (Å²) in [5, 5.41) is 9.11. The van der Waals surface area contributed by atoms with Gasteiger partial charge in [-0.15, -0.1) is 0 Å². The van der Waals surface area contributed by atoms with Crippen molar-refractivity contribution in [2.75, 3.05) is 6.61 Å². The third-order valence-electron chi connectivity index (χ3n) is 4.09. The van der Waals surface area contributed by atoms with Gasteiger partial charge in [0.1, 0.15) is 5.75 Å². The largest absolute Gasteiger partial charge is 0.494 e. The van der Waals surface area contributed by atoms with Gasteiger partial charge in [0.2, 0.25) is 0 Å². The van der Waals surface area contributed by atoms with Crippen LogP contribution in [-0.4, -0.2) is 23.5 Å². The predicted octanol–water partition coefficient (Wildman–Crippen LogP) is 4.00. The van der Waals surface area contributed by atoms with Crippen LogP contribution in [0, 0.1) is 0 Å². The molecule has 3 rings (SSSR count). The highest BCUT2D eigenvalue weighted by atomic mass is 16.5. The van der Waals surface area contributed by atoms with Crippen LogP contribution in [-0.2, 0) is 6.42 Å². The van der Waals surface area contributed by atoms with Crippen molar-refractivity contribution < 1.29 is 19.4 Å². The van der Waals surface area contributed by atoms with E-state index < -0.39 is 5.97 Å². The smallest absolute Gasteiger partial charge is 0.335 e. The number of carboxylic acids is 1. The number of carbonyl (C=O) groups excluding carboxylic acids is 1. The first-order chi connectivity index (χ1) is 11.6. The number of hydrogen-bond donors (Lipinski definition) is 1. The van der Waals surface area contributed by atoms with Gasteiger partial charge in [0, 0.05) is 11.1 Å². The number of allylic oxidation sites excluding steroid dienone is 1. The average molecular weight is 322 g/mol. The van der Waals surface area contributed by atoms with Crippen LogP contribution in [0.2, 0.25) is 0 Å². The van der Waals surface area contributed by atoms with Gasteiger partial charge in [0.25, 0.3) is 0 Å². The van der Waals surface area contributed by atoms with E-state index in [1.807, 2.05) is 37.3 Å². The van der Waals surface area contributed by atoms with E-state index >= 15 is 0 Å². The Bertz CT molecular complexity index is 816. The van der Waals surface area contributed by atoms with Crippen molar-refractivity contribution in [2.24, 2.45) is 0 Å². The van der Waals surface area contributed by atoms with Gasteiger partial charge in [-0.05, 0) is 61.2 Å². The third-order valence-corrected chi connectivity index (χ3v) is 4.09. The molecule has 24 heavy (non-hydrogen) atoms. The highest BCUT2D eigenvalue weighted by molar-refractivity contribution is 6.13. The first kappa shape index (κ1) is 16.0. The number of carbonyl (C=O) groups is 2. The Morgan fingerprint density at radius 3 is 2.58 bits per heavy atom. The topological polar surface area (TPSA) is 63.6 Å². The second-order valence-electron chi connectivity index (χ2n) is 5.68. The van der Waals surface area contributed by atoms with E-state index in [0.717, 1.165) is 23.3 Å². The van der Waals surface area contributed by atoms with Gasteiger partial charge in [-0.1, -0.05) is 18.2 Å². The first-order valence-corrected chi connectivity index (χ1v) is 7.93. The minimum Gasteiger partial charge on any atom is -0.494 e. The Labute approximate surface area is 140 Å². The lowest BCUT2D eigenvalue weighted by molar-refractivity contribution is 0.0697. The maximum atomic E-state index is 12.7. The van der Waals surface area contributed by atoms with E-state index in [4.69, 9.17) is 9.84 Å². The second kappa shape index (κ2) is 6.71. The number of ether oxygens (including phenoxy) is 1. The molecule has 0 aliphatic heterocycles. The van der Waals surface area contributed by atoms with Crippen LogP contribution in [0.5, 0.6) is 5.75 Å². The molecule has 1 aliphatic carbocycles. The zero-order chi connectivity index (χ0) is 17.1. The van der Waals surface area contributed by atoms with Crippen LogP contribution >= 0.6 is 0 Å². The molecule has 0 unspecified atom stereocenters. The molecule has 2 aromatic rings. The number of aryl methyl sites for hydroxylation is 1. The monoisotopic (exact) mass is 322 g/mol. The number of aromatic carboxylic acids is 1. The van der Waals surface area contributed by atoms with Crippen LogP contribution in [0.15, 0.2) is 48.0 Å². The average Bonchev–Trinajstić information content (AvgIpc) is 2.59. The third kappa shape index (κ3) is 3.23. The highest BCUT2D eigenvalue weighted by Crippen LogP contribution is 2.28. The van der Waals surface area contributed by atoms with Gasteiger partial charge in [-0.2, -0.15) is 0 Å². The minimum absolute atomic E-state index is 0.0896. The number of fused-ring (bicyclic) bond motifs is 1. The van der Waals surface area contributed by atoms with Gasteiger partial charge in [0.15, 0.2) is 5.78 Å². The van der Waals surface area contributed by atoms with Crippen molar-refractivity contribution in [1.29, 1.82) is 0 Å². The number of benzene rings is 2. The van der Waals surface area contributed by atoms with Crippen LogP contribution < -0.4 is 4.74 Å². The quantitative estimate of drug-likeness (QED) is 0.864. The Balaban J connectivity index is 1.89. The predicted molar refractivity (Wildman–Crippen MR) is 91.6 cm³/mol. The normalized spacial score (nSPS) is 15.2. The minimum atomic E-state index is -1.02. The number of hydrogen-bond acceptors (Lipinski definition) is 3. The summed E-state index contributed by atoms with van der Waals surface area (Å²) in [5.74, 6) is -0.312. The molecule has 122 valence electrons. The Morgan fingerprint density at radius 2 is 1.92 bits per heavy atom. The fourth-order valence-corrected chi connectivity index (χ4v) is 2.86. The van der Waals surface area contributed by atoms with Crippen molar-refractivity contribution in [1.82, 2.24) is 0 Å². The van der Waals surface area contributed by atoms with E-state index in [-0.39, 0.29) is 11.3 Å². The molecule has 0 fully saturated rings. The van der Waals surface area contributed by atoms with Gasteiger partial charge in [-0.3, -0.25) is 4.79 Å². The summed E-state index contributed by atoms with van der Waals surface area (Å²) in [5.41, 5.74) is 3.19. The Hall–Kier alpha value is -2.88. The molecule has 2 aromatic carbocycles. The molecule has 0 saturated heterocycles. The summed E-state index contributed by atoms with van der Waals surface area (Å²) in [7, 11) is 0. The van der Waals surface area contributed by atoms with E-state index in [9.17, 15) is 9.59 Å². The second-order valence-corrected chi connectivity index (χ2v) is 5.68. The summed E-state index contributed by atoms with van der Waals surface area (Å²) in [6.07, 6.45) is 3.27. The van der Waals surface area contributed by atoms with Crippen molar-refractivity contribution in [3.05, 3.63) is 70.3 Å². The summed E-state index contributed by atoms with van der Waals surface area (Å²) in [4.78, 5) is 23.8. The number of ketones is 1. The summed E-state index contributed by atoms with van der Waals surface area (Å²) in [6.45, 7) is 2.54. The zero-order valence-corrected chi connectivity index (χ0v) is 13.4. The van der Waals surface area contributed by atoms with Crippen molar-refractivity contribution in [2.45, 2.75) is 19.8 Å². The maximum absolute atomic E-state index is 12.7. The van der Waals surface area contributed by atoms with Crippen molar-refractivity contribution in [3.8, 4) is 5.75 Å². The molecule has 0 heterocycles. The number of Topliss-reactive ketones (excluding diaryl/α,β-unsaturated/α-hetero) is 1. The molecule has 0 bridgehead atoms. The molecule has 1 aliphatic rings. The van der Waals surface area contributed by atoms with Crippen LogP contribution in [0.4, 0.5) is 0 Å². The fraction of sp³-hybridized carbons (Fsp3) is 0.200. The zero-order valence-electron chi connectivity index (χ0n) is 13.4. The summed E-state index contributed by atoms with van der Waals surface area (Å²) < 4.78 is 5.41. The molecule has 0 radical (unpaired) electrons. The van der Waals surface area contributed by atoms with E-state index in [2.05, 4.69) is 0 Å². The summed E-state index contributed by atoms with van der Waals surface area (Å²) >= 11 is 0. The van der Waals surface area contributed by atoms with Gasteiger partial charge in [-0.25, -0.2) is 4.79 Å². The van der Waals surface area contributed by atoms with Gasteiger partial charge < -0.3 is 9.84 Å². The molecule has 0 aromatic heterocycles. The molecular formula is C20H18O4. The highest BCUT2D eigenvalue weighted by Gasteiger charge is 2.23. The molecule has 4 nitrogen and oxygen atoms in total. The fourth-order valence-electron chi connectivity index (χ4n) is 2.86. The van der Waals surface area contributed by atoms with E-state index in [0.29, 0.717) is 24.2 Å². The van der Waals surface area contributed by atoms with Crippen LogP contribution in [0.3, 0.4) is 0 Å². The SMILES string of the molecule is CCOc1ccc(C=C2CCc3ccc(C(=O)O)cc3C2=O)cc1. The number of carboxylic acid groups (broad SMARTS) is 1. The molecule has 0 saturated carbocycles. The maximum Gasteiger partial charge on any atom is 0.335 e.